The Kier molecular flexibility index (Phi) is 3.77. The van der Waals surface area contributed by atoms with Crippen LogP contribution in [-0.2, 0) is 6.54 Å². The summed E-state index contributed by atoms with van der Waals surface area (Å²) < 4.78 is 0.684. The van der Waals surface area contributed by atoms with Crippen molar-refractivity contribution in [2.45, 2.75) is 13.5 Å². The molecule has 0 aromatic heterocycles. The van der Waals surface area contributed by atoms with Crippen LogP contribution in [0, 0.1) is 6.92 Å². The standard InChI is InChI=1S/C14H14BrNO2/c1-9-7-11(17)5-6-13(9)16-8-10-3-2-4-12(15)14(10)18/h2-7,16-18H,8H2,1H3. The summed E-state index contributed by atoms with van der Waals surface area (Å²) >= 11 is 3.29. The van der Waals surface area contributed by atoms with Crippen molar-refractivity contribution in [2.75, 3.05) is 5.32 Å². The molecule has 0 atom stereocenters. The van der Waals surface area contributed by atoms with E-state index in [4.69, 9.17) is 0 Å². The van der Waals surface area contributed by atoms with E-state index in [1.54, 1.807) is 18.2 Å². The van der Waals surface area contributed by atoms with Crippen molar-refractivity contribution in [3.8, 4) is 11.5 Å². The summed E-state index contributed by atoms with van der Waals surface area (Å²) in [6, 6.07) is 10.7. The Hall–Kier alpha value is -1.68. The Balaban J connectivity index is 2.14. The first-order valence-electron chi connectivity index (χ1n) is 5.58. The molecule has 0 amide bonds. The summed E-state index contributed by atoms with van der Waals surface area (Å²) in [6.45, 7) is 2.44. The number of benzene rings is 2. The second kappa shape index (κ2) is 5.31. The third kappa shape index (κ3) is 2.76. The second-order valence-electron chi connectivity index (χ2n) is 4.10. The van der Waals surface area contributed by atoms with Gasteiger partial charge >= 0.3 is 0 Å². The van der Waals surface area contributed by atoms with Crippen molar-refractivity contribution >= 4 is 21.6 Å². The van der Waals surface area contributed by atoms with Crippen LogP contribution >= 0.6 is 15.9 Å². The molecule has 0 aliphatic rings. The Labute approximate surface area is 114 Å². The first-order valence-corrected chi connectivity index (χ1v) is 6.37. The van der Waals surface area contributed by atoms with Gasteiger partial charge in [-0.05, 0) is 52.7 Å². The molecule has 2 aromatic rings. The molecule has 0 aliphatic carbocycles. The first kappa shape index (κ1) is 12.8. The Morgan fingerprint density at radius 2 is 1.94 bits per heavy atom. The van der Waals surface area contributed by atoms with Gasteiger partial charge in [0.2, 0.25) is 0 Å². The molecule has 0 saturated carbocycles. The number of aromatic hydroxyl groups is 2. The number of phenolic OH excluding ortho intramolecular Hbond substituents is 2. The monoisotopic (exact) mass is 307 g/mol. The lowest BCUT2D eigenvalue weighted by Crippen LogP contribution is -2.01. The molecule has 94 valence electrons. The first-order chi connectivity index (χ1) is 8.58. The molecule has 2 rings (SSSR count). The SMILES string of the molecule is Cc1cc(O)ccc1NCc1cccc(Br)c1O. The summed E-state index contributed by atoms with van der Waals surface area (Å²) in [5.41, 5.74) is 2.72. The van der Waals surface area contributed by atoms with Gasteiger partial charge in [0.15, 0.2) is 0 Å². The third-order valence-corrected chi connectivity index (χ3v) is 3.39. The van der Waals surface area contributed by atoms with E-state index in [-0.39, 0.29) is 11.5 Å². The molecule has 0 bridgehead atoms. The molecule has 0 heterocycles. The highest BCUT2D eigenvalue weighted by atomic mass is 79.9. The lowest BCUT2D eigenvalue weighted by molar-refractivity contribution is 0.465. The molecule has 4 heteroatoms. The zero-order chi connectivity index (χ0) is 13.1. The van der Waals surface area contributed by atoms with Gasteiger partial charge in [-0.2, -0.15) is 0 Å². The molecule has 2 aromatic carbocycles. The summed E-state index contributed by atoms with van der Waals surface area (Å²) in [5, 5.41) is 22.4. The minimum absolute atomic E-state index is 0.251. The fraction of sp³-hybridized carbons (Fsp3) is 0.143. The van der Waals surface area contributed by atoms with Crippen molar-refractivity contribution in [3.63, 3.8) is 0 Å². The average Bonchev–Trinajstić information content (AvgIpc) is 2.33. The molecule has 0 saturated heterocycles. The fourth-order valence-electron chi connectivity index (χ4n) is 1.74. The van der Waals surface area contributed by atoms with Gasteiger partial charge in [0.25, 0.3) is 0 Å². The Bertz CT molecular complexity index is 570. The van der Waals surface area contributed by atoms with E-state index in [0.29, 0.717) is 11.0 Å². The maximum absolute atomic E-state index is 9.86. The topological polar surface area (TPSA) is 52.5 Å². The number of hydrogen-bond donors (Lipinski definition) is 3. The number of phenols is 2. The van der Waals surface area contributed by atoms with Crippen LogP contribution in [0.15, 0.2) is 40.9 Å². The van der Waals surface area contributed by atoms with Crippen molar-refractivity contribution in [1.29, 1.82) is 0 Å². The summed E-state index contributed by atoms with van der Waals surface area (Å²) in [7, 11) is 0. The van der Waals surface area contributed by atoms with Crippen LogP contribution in [0.5, 0.6) is 11.5 Å². The summed E-state index contributed by atoms with van der Waals surface area (Å²) in [4.78, 5) is 0. The van der Waals surface area contributed by atoms with E-state index in [0.717, 1.165) is 16.8 Å². The van der Waals surface area contributed by atoms with Crippen molar-refractivity contribution in [3.05, 3.63) is 52.0 Å². The summed E-state index contributed by atoms with van der Waals surface area (Å²) in [5.74, 6) is 0.504. The van der Waals surface area contributed by atoms with Gasteiger partial charge in [-0.3, -0.25) is 0 Å². The number of para-hydroxylation sites is 1. The average molecular weight is 308 g/mol. The van der Waals surface area contributed by atoms with Gasteiger partial charge < -0.3 is 15.5 Å². The zero-order valence-corrected chi connectivity index (χ0v) is 11.5. The summed E-state index contributed by atoms with van der Waals surface area (Å²) in [6.07, 6.45) is 0. The lowest BCUT2D eigenvalue weighted by Gasteiger charge is -2.11. The second-order valence-corrected chi connectivity index (χ2v) is 4.95. The van der Waals surface area contributed by atoms with Crippen LogP contribution in [0.2, 0.25) is 0 Å². The number of halogens is 1. The zero-order valence-electron chi connectivity index (χ0n) is 9.94. The van der Waals surface area contributed by atoms with E-state index in [1.807, 2.05) is 25.1 Å². The van der Waals surface area contributed by atoms with Gasteiger partial charge in [0, 0.05) is 17.8 Å². The number of hydrogen-bond acceptors (Lipinski definition) is 3. The number of anilines is 1. The van der Waals surface area contributed by atoms with Crippen LogP contribution in [0.25, 0.3) is 0 Å². The van der Waals surface area contributed by atoms with Gasteiger partial charge in [0.05, 0.1) is 4.47 Å². The predicted molar refractivity (Wildman–Crippen MR) is 76.0 cm³/mol. The molecule has 3 nitrogen and oxygen atoms in total. The lowest BCUT2D eigenvalue weighted by atomic mass is 10.1. The molecule has 18 heavy (non-hydrogen) atoms. The molecular formula is C14H14BrNO2. The third-order valence-electron chi connectivity index (χ3n) is 2.75. The van der Waals surface area contributed by atoms with Gasteiger partial charge in [0.1, 0.15) is 11.5 Å². The Morgan fingerprint density at radius 3 is 2.67 bits per heavy atom. The van der Waals surface area contributed by atoms with Crippen molar-refractivity contribution in [1.82, 2.24) is 0 Å². The quantitative estimate of drug-likeness (QED) is 0.756. The molecule has 0 aliphatic heterocycles. The van der Waals surface area contributed by atoms with E-state index in [1.165, 1.54) is 0 Å². The van der Waals surface area contributed by atoms with Gasteiger partial charge in [-0.1, -0.05) is 12.1 Å². The number of aryl methyl sites for hydroxylation is 1. The Morgan fingerprint density at radius 1 is 1.17 bits per heavy atom. The van der Waals surface area contributed by atoms with Crippen molar-refractivity contribution in [2.24, 2.45) is 0 Å². The van der Waals surface area contributed by atoms with Crippen LogP contribution < -0.4 is 5.32 Å². The van der Waals surface area contributed by atoms with E-state index < -0.39 is 0 Å². The van der Waals surface area contributed by atoms with E-state index in [9.17, 15) is 10.2 Å². The molecule has 0 fully saturated rings. The molecule has 0 unspecified atom stereocenters. The molecule has 3 N–H and O–H groups in total. The van der Waals surface area contributed by atoms with Crippen LogP contribution in [0.4, 0.5) is 5.69 Å². The highest BCUT2D eigenvalue weighted by Gasteiger charge is 2.05. The van der Waals surface area contributed by atoms with Crippen LogP contribution in [0.1, 0.15) is 11.1 Å². The highest BCUT2D eigenvalue weighted by molar-refractivity contribution is 9.10. The van der Waals surface area contributed by atoms with Gasteiger partial charge in [-0.15, -0.1) is 0 Å². The molecular weight excluding hydrogens is 294 g/mol. The normalized spacial score (nSPS) is 10.3. The maximum Gasteiger partial charge on any atom is 0.134 e. The fourth-order valence-corrected chi connectivity index (χ4v) is 2.15. The number of rotatable bonds is 3. The number of nitrogens with one attached hydrogen (secondary N) is 1. The van der Waals surface area contributed by atoms with E-state index >= 15 is 0 Å². The minimum Gasteiger partial charge on any atom is -0.508 e. The smallest absolute Gasteiger partial charge is 0.134 e. The molecule has 0 spiro atoms. The molecule has 0 radical (unpaired) electrons. The van der Waals surface area contributed by atoms with E-state index in [2.05, 4.69) is 21.2 Å². The predicted octanol–water partition coefficient (Wildman–Crippen LogP) is 3.78. The minimum atomic E-state index is 0.251. The van der Waals surface area contributed by atoms with Crippen LogP contribution in [0.3, 0.4) is 0 Å². The highest BCUT2D eigenvalue weighted by Crippen LogP contribution is 2.28. The maximum atomic E-state index is 9.86. The van der Waals surface area contributed by atoms with Gasteiger partial charge in [-0.25, -0.2) is 0 Å². The van der Waals surface area contributed by atoms with Crippen molar-refractivity contribution < 1.29 is 10.2 Å². The van der Waals surface area contributed by atoms with Crippen LogP contribution in [-0.4, -0.2) is 10.2 Å². The largest absolute Gasteiger partial charge is 0.508 e.